The van der Waals surface area contributed by atoms with Crippen LogP contribution in [-0.2, 0) is 4.79 Å². The smallest absolute Gasteiger partial charge is 0.349 e. The van der Waals surface area contributed by atoms with Gasteiger partial charge in [0.1, 0.15) is 5.82 Å². The molecule has 1 aliphatic heterocycles. The zero-order chi connectivity index (χ0) is 28.0. The maximum absolute atomic E-state index is 14.0. The van der Waals surface area contributed by atoms with Crippen molar-refractivity contribution < 1.29 is 4.79 Å². The number of carbonyl (C=O) groups excluding carboxylic acids is 1. The van der Waals surface area contributed by atoms with Gasteiger partial charge >= 0.3 is 5.69 Å². The summed E-state index contributed by atoms with van der Waals surface area (Å²) in [6.07, 6.45) is 3.10. The lowest BCUT2D eigenvalue weighted by molar-refractivity contribution is -0.128. The van der Waals surface area contributed by atoms with Gasteiger partial charge in [-0.2, -0.15) is 16.3 Å². The highest BCUT2D eigenvalue weighted by Gasteiger charge is 2.34. The van der Waals surface area contributed by atoms with Crippen molar-refractivity contribution in [3.05, 3.63) is 74.6 Å². The van der Waals surface area contributed by atoms with Gasteiger partial charge in [-0.3, -0.25) is 9.78 Å². The molecule has 4 aromatic rings. The number of rotatable bonds is 5. The van der Waals surface area contributed by atoms with E-state index in [2.05, 4.69) is 35.3 Å². The second kappa shape index (κ2) is 10.5. The van der Waals surface area contributed by atoms with E-state index in [0.717, 1.165) is 16.8 Å². The Labute approximate surface area is 236 Å². The first kappa shape index (κ1) is 27.0. The average Bonchev–Trinajstić information content (AvgIpc) is 3.44. The van der Waals surface area contributed by atoms with E-state index in [1.807, 2.05) is 49.7 Å². The number of carbonyl (C=O) groups is 1. The molecule has 0 spiro atoms. The van der Waals surface area contributed by atoms with Gasteiger partial charge in [0.05, 0.1) is 27.5 Å². The zero-order valence-corrected chi connectivity index (χ0v) is 24.3. The fourth-order valence-electron chi connectivity index (χ4n) is 5.26. The molecule has 0 radical (unpaired) electrons. The van der Waals surface area contributed by atoms with E-state index in [1.54, 1.807) is 27.0 Å². The minimum Gasteiger partial charge on any atom is -0.349 e. The fraction of sp³-hybridized carbons (Fsp3) is 0.345. The molecule has 1 amide bonds. The normalized spacial score (nSPS) is 17.7. The lowest BCUT2D eigenvalue weighted by Gasteiger charge is -2.44. The van der Waals surface area contributed by atoms with E-state index in [-0.39, 0.29) is 23.9 Å². The van der Waals surface area contributed by atoms with Gasteiger partial charge in [0, 0.05) is 42.3 Å². The Bertz CT molecular complexity index is 1630. The van der Waals surface area contributed by atoms with E-state index in [0.29, 0.717) is 46.3 Å². The number of aryl methyl sites for hydroxylation is 1. The van der Waals surface area contributed by atoms with E-state index in [1.165, 1.54) is 6.08 Å². The topological polar surface area (TPSA) is 84.2 Å². The first-order chi connectivity index (χ1) is 18.6. The van der Waals surface area contributed by atoms with E-state index < -0.39 is 5.69 Å². The molecule has 10 heteroatoms. The standard InChI is InChI=1S/C29H31ClN6O2S/c1-7-23(37)34-13-19(6)35(14-18(34)5)27-21-12-22(30)25(20-9-11-39-15-20)32-28(21)36(29(38)33-27)26-17(4)8-10-31-24(26)16(2)3/h7-12,15-16,18-19H,1,13-14H2,2-6H3. The number of piperazine rings is 1. The van der Waals surface area contributed by atoms with Crippen molar-refractivity contribution >= 4 is 45.7 Å². The van der Waals surface area contributed by atoms with Crippen molar-refractivity contribution in [1.82, 2.24) is 24.4 Å². The lowest BCUT2D eigenvalue weighted by atomic mass is 10.0. The SMILES string of the molecule is C=CC(=O)N1CC(C)N(c2nc(=O)n(-c3c(C)ccnc3C(C)C)c3nc(-c4ccsc4)c(Cl)cc23)CC1C. The molecule has 1 fully saturated rings. The molecular formula is C29H31ClN6O2S. The van der Waals surface area contributed by atoms with Crippen LogP contribution in [0.3, 0.4) is 0 Å². The van der Waals surface area contributed by atoms with Crippen molar-refractivity contribution in [3.8, 4) is 16.9 Å². The molecule has 5 rings (SSSR count). The summed E-state index contributed by atoms with van der Waals surface area (Å²) in [4.78, 5) is 44.6. The number of hydrogen-bond donors (Lipinski definition) is 0. The summed E-state index contributed by atoms with van der Waals surface area (Å²) in [5.74, 6) is 0.470. The predicted molar refractivity (Wildman–Crippen MR) is 158 cm³/mol. The number of hydrogen-bond acceptors (Lipinski definition) is 7. The summed E-state index contributed by atoms with van der Waals surface area (Å²) in [5.41, 5.74) is 3.90. The fourth-order valence-corrected chi connectivity index (χ4v) is 6.16. The number of aromatic nitrogens is 4. The molecule has 202 valence electrons. The third kappa shape index (κ3) is 4.74. The van der Waals surface area contributed by atoms with Gasteiger partial charge in [-0.15, -0.1) is 0 Å². The van der Waals surface area contributed by atoms with Gasteiger partial charge in [-0.05, 0) is 61.9 Å². The summed E-state index contributed by atoms with van der Waals surface area (Å²) in [5, 5.41) is 5.10. The largest absolute Gasteiger partial charge is 0.355 e. The molecule has 1 saturated heterocycles. The van der Waals surface area contributed by atoms with Gasteiger partial charge in [0.15, 0.2) is 5.65 Å². The number of pyridine rings is 2. The molecule has 4 aromatic heterocycles. The predicted octanol–water partition coefficient (Wildman–Crippen LogP) is 5.60. The summed E-state index contributed by atoms with van der Waals surface area (Å²) in [6, 6.07) is 5.51. The van der Waals surface area contributed by atoms with Crippen LogP contribution in [-0.4, -0.2) is 55.5 Å². The summed E-state index contributed by atoms with van der Waals surface area (Å²) in [7, 11) is 0. The molecule has 39 heavy (non-hydrogen) atoms. The molecule has 2 atom stereocenters. The number of fused-ring (bicyclic) bond motifs is 1. The Morgan fingerprint density at radius 3 is 2.64 bits per heavy atom. The van der Waals surface area contributed by atoms with Crippen molar-refractivity contribution in [2.24, 2.45) is 0 Å². The Kier molecular flexibility index (Phi) is 7.31. The van der Waals surface area contributed by atoms with E-state index in [9.17, 15) is 9.59 Å². The van der Waals surface area contributed by atoms with Crippen LogP contribution in [0.2, 0.25) is 5.02 Å². The van der Waals surface area contributed by atoms with Crippen molar-refractivity contribution in [2.45, 2.75) is 52.6 Å². The number of thiophene rings is 1. The second-order valence-corrected chi connectivity index (χ2v) is 11.5. The molecule has 1 aliphatic rings. The quantitative estimate of drug-likeness (QED) is 0.294. The minimum atomic E-state index is -0.439. The Morgan fingerprint density at radius 1 is 1.21 bits per heavy atom. The summed E-state index contributed by atoms with van der Waals surface area (Å²) in [6.45, 7) is 14.7. The van der Waals surface area contributed by atoms with Crippen LogP contribution < -0.4 is 10.6 Å². The van der Waals surface area contributed by atoms with Gasteiger partial charge in [0.2, 0.25) is 5.91 Å². The Hall–Kier alpha value is -3.56. The first-order valence-corrected chi connectivity index (χ1v) is 14.3. The van der Waals surface area contributed by atoms with Crippen LogP contribution in [0.1, 0.15) is 44.9 Å². The van der Waals surface area contributed by atoms with Crippen molar-refractivity contribution in [3.63, 3.8) is 0 Å². The highest BCUT2D eigenvalue weighted by atomic mass is 35.5. The molecule has 0 saturated carbocycles. The highest BCUT2D eigenvalue weighted by Crippen LogP contribution is 2.36. The highest BCUT2D eigenvalue weighted by molar-refractivity contribution is 7.08. The van der Waals surface area contributed by atoms with Crippen LogP contribution in [0.4, 0.5) is 5.82 Å². The molecular weight excluding hydrogens is 532 g/mol. The molecule has 0 aromatic carbocycles. The van der Waals surface area contributed by atoms with Crippen LogP contribution in [0.15, 0.2) is 52.6 Å². The minimum absolute atomic E-state index is 0.0708. The second-order valence-electron chi connectivity index (χ2n) is 10.3. The molecule has 2 unspecified atom stereocenters. The number of halogens is 1. The molecule has 0 aliphatic carbocycles. The van der Waals surface area contributed by atoms with Crippen LogP contribution >= 0.6 is 22.9 Å². The van der Waals surface area contributed by atoms with Gasteiger partial charge in [-0.25, -0.2) is 14.3 Å². The molecule has 5 heterocycles. The third-order valence-corrected chi connectivity index (χ3v) is 8.21. The van der Waals surface area contributed by atoms with Gasteiger partial charge in [0.25, 0.3) is 0 Å². The molecule has 0 N–H and O–H groups in total. The zero-order valence-electron chi connectivity index (χ0n) is 22.7. The van der Waals surface area contributed by atoms with E-state index >= 15 is 0 Å². The van der Waals surface area contributed by atoms with Gasteiger partial charge in [-0.1, -0.05) is 32.0 Å². The van der Waals surface area contributed by atoms with Crippen molar-refractivity contribution in [2.75, 3.05) is 18.0 Å². The number of anilines is 1. The summed E-state index contributed by atoms with van der Waals surface area (Å²) < 4.78 is 1.58. The van der Waals surface area contributed by atoms with Crippen LogP contribution in [0, 0.1) is 6.92 Å². The molecule has 0 bridgehead atoms. The van der Waals surface area contributed by atoms with Crippen LogP contribution in [0.25, 0.3) is 28.0 Å². The Morgan fingerprint density at radius 2 is 1.97 bits per heavy atom. The number of amides is 1. The molecule has 8 nitrogen and oxygen atoms in total. The lowest BCUT2D eigenvalue weighted by Crippen LogP contribution is -2.58. The summed E-state index contributed by atoms with van der Waals surface area (Å²) >= 11 is 8.39. The monoisotopic (exact) mass is 562 g/mol. The maximum Gasteiger partial charge on any atom is 0.355 e. The Balaban J connectivity index is 1.80. The van der Waals surface area contributed by atoms with Crippen molar-refractivity contribution in [1.29, 1.82) is 0 Å². The maximum atomic E-state index is 14.0. The van der Waals surface area contributed by atoms with Gasteiger partial charge < -0.3 is 9.80 Å². The average molecular weight is 563 g/mol. The van der Waals surface area contributed by atoms with E-state index in [4.69, 9.17) is 16.6 Å². The van der Waals surface area contributed by atoms with Crippen LogP contribution in [0.5, 0.6) is 0 Å². The third-order valence-electron chi connectivity index (χ3n) is 7.24. The first-order valence-electron chi connectivity index (χ1n) is 12.9. The number of nitrogens with zero attached hydrogens (tertiary/aromatic N) is 6.